The highest BCUT2D eigenvalue weighted by Crippen LogP contribution is 2.24. The van der Waals surface area contributed by atoms with Crippen LogP contribution in [0, 0.1) is 17.7 Å². The molecule has 1 saturated heterocycles. The molecule has 1 amide bonds. The fourth-order valence-electron chi connectivity index (χ4n) is 3.13. The summed E-state index contributed by atoms with van der Waals surface area (Å²) in [5.74, 6) is -0.00331. The van der Waals surface area contributed by atoms with Gasteiger partial charge in [0.2, 0.25) is 15.9 Å². The Morgan fingerprint density at radius 1 is 1.15 bits per heavy atom. The van der Waals surface area contributed by atoms with Gasteiger partial charge in [-0.15, -0.1) is 0 Å². The minimum atomic E-state index is -3.63. The summed E-state index contributed by atoms with van der Waals surface area (Å²) in [5, 5.41) is 3.05. The number of sulfonamides is 1. The summed E-state index contributed by atoms with van der Waals surface area (Å²) in [7, 11) is -3.63. The van der Waals surface area contributed by atoms with Crippen molar-refractivity contribution in [3.63, 3.8) is 0 Å². The topological polar surface area (TPSA) is 66.5 Å². The first-order valence-electron chi connectivity index (χ1n) is 9.26. The van der Waals surface area contributed by atoms with Crippen molar-refractivity contribution in [2.75, 3.05) is 13.1 Å². The first-order chi connectivity index (χ1) is 12.2. The predicted molar refractivity (Wildman–Crippen MR) is 99.6 cm³/mol. The monoisotopic (exact) mass is 384 g/mol. The van der Waals surface area contributed by atoms with Gasteiger partial charge in [-0.25, -0.2) is 12.8 Å². The van der Waals surface area contributed by atoms with Gasteiger partial charge in [0.15, 0.2) is 0 Å². The second-order valence-corrected chi connectivity index (χ2v) is 9.45. The van der Waals surface area contributed by atoms with Crippen molar-refractivity contribution >= 4 is 15.9 Å². The Hall–Kier alpha value is -1.47. The molecule has 0 unspecified atom stereocenters. The highest BCUT2D eigenvalue weighted by Gasteiger charge is 2.32. The van der Waals surface area contributed by atoms with Crippen molar-refractivity contribution in [1.29, 1.82) is 0 Å². The third-order valence-electron chi connectivity index (χ3n) is 4.84. The molecule has 5 nitrogen and oxygen atoms in total. The molecule has 1 aliphatic heterocycles. The van der Waals surface area contributed by atoms with Crippen LogP contribution in [-0.2, 0) is 14.8 Å². The molecule has 7 heteroatoms. The molecule has 0 spiro atoms. The number of nitrogens with zero attached hydrogens (tertiary/aromatic N) is 1. The van der Waals surface area contributed by atoms with Crippen LogP contribution in [0.2, 0.25) is 0 Å². The van der Waals surface area contributed by atoms with Crippen LogP contribution < -0.4 is 5.32 Å². The number of halogens is 1. The van der Waals surface area contributed by atoms with Gasteiger partial charge in [-0.2, -0.15) is 4.31 Å². The Balaban J connectivity index is 1.88. The number of hydrogen-bond acceptors (Lipinski definition) is 3. The van der Waals surface area contributed by atoms with Crippen LogP contribution in [-0.4, -0.2) is 37.8 Å². The largest absolute Gasteiger partial charge is 0.353 e. The van der Waals surface area contributed by atoms with Crippen LogP contribution in [0.25, 0.3) is 0 Å². The van der Waals surface area contributed by atoms with E-state index in [9.17, 15) is 17.6 Å². The number of piperidine rings is 1. The molecule has 1 heterocycles. The molecule has 0 aromatic heterocycles. The Morgan fingerprint density at radius 3 is 2.27 bits per heavy atom. The maximum absolute atomic E-state index is 13.0. The Kier molecular flexibility index (Phi) is 7.17. The zero-order valence-electron chi connectivity index (χ0n) is 15.7. The second-order valence-electron chi connectivity index (χ2n) is 7.51. The van der Waals surface area contributed by atoms with Gasteiger partial charge in [0.05, 0.1) is 4.90 Å². The van der Waals surface area contributed by atoms with E-state index in [1.165, 1.54) is 16.4 Å². The standard InChI is InChI=1S/C19H29FN2O3S/c1-14(2)4-5-15(3)21-19(23)16-10-12-22(13-11-16)26(24,25)18-8-6-17(20)7-9-18/h6-9,14-16H,4-5,10-13H2,1-3H3,(H,21,23)/t15-/m0/s1. The van der Waals surface area contributed by atoms with E-state index in [1.807, 2.05) is 6.92 Å². The molecule has 1 aliphatic rings. The van der Waals surface area contributed by atoms with Crippen molar-refractivity contribution in [3.05, 3.63) is 30.1 Å². The summed E-state index contributed by atoms with van der Waals surface area (Å²) >= 11 is 0. The molecule has 2 rings (SSSR count). The number of amides is 1. The summed E-state index contributed by atoms with van der Waals surface area (Å²) in [4.78, 5) is 12.5. The van der Waals surface area contributed by atoms with Crippen LogP contribution in [0.5, 0.6) is 0 Å². The van der Waals surface area contributed by atoms with Crippen LogP contribution in [0.4, 0.5) is 4.39 Å². The number of carbonyl (C=O) groups excluding carboxylic acids is 1. The molecule has 1 aromatic carbocycles. The van der Waals surface area contributed by atoms with Crippen molar-refractivity contribution in [2.45, 2.75) is 57.4 Å². The average molecular weight is 385 g/mol. The van der Waals surface area contributed by atoms with Crippen molar-refractivity contribution in [1.82, 2.24) is 9.62 Å². The van der Waals surface area contributed by atoms with Gasteiger partial charge in [0.25, 0.3) is 0 Å². The quantitative estimate of drug-likeness (QED) is 0.785. The Morgan fingerprint density at radius 2 is 1.73 bits per heavy atom. The van der Waals surface area contributed by atoms with Gasteiger partial charge < -0.3 is 5.32 Å². The molecular formula is C19H29FN2O3S. The van der Waals surface area contributed by atoms with E-state index in [0.717, 1.165) is 25.0 Å². The number of hydrogen-bond donors (Lipinski definition) is 1. The van der Waals surface area contributed by atoms with Crippen LogP contribution in [0.1, 0.15) is 46.5 Å². The first-order valence-corrected chi connectivity index (χ1v) is 10.7. The lowest BCUT2D eigenvalue weighted by Gasteiger charge is -2.31. The number of carbonyl (C=O) groups is 1. The second kappa shape index (κ2) is 8.95. The molecular weight excluding hydrogens is 355 g/mol. The van der Waals surface area contributed by atoms with Gasteiger partial charge in [-0.05, 0) is 62.8 Å². The average Bonchev–Trinajstić information content (AvgIpc) is 2.60. The molecule has 0 aliphatic carbocycles. The normalized spacial score (nSPS) is 18.0. The van der Waals surface area contributed by atoms with E-state index in [1.54, 1.807) is 0 Å². The Bertz CT molecular complexity index is 696. The predicted octanol–water partition coefficient (Wildman–Crippen LogP) is 3.17. The molecule has 1 N–H and O–H groups in total. The summed E-state index contributed by atoms with van der Waals surface area (Å²) < 4.78 is 39.6. The highest BCUT2D eigenvalue weighted by molar-refractivity contribution is 7.89. The molecule has 0 bridgehead atoms. The van der Waals surface area contributed by atoms with E-state index in [0.29, 0.717) is 31.8 Å². The zero-order valence-corrected chi connectivity index (χ0v) is 16.6. The van der Waals surface area contributed by atoms with Gasteiger partial charge in [-0.1, -0.05) is 13.8 Å². The maximum atomic E-state index is 13.0. The summed E-state index contributed by atoms with van der Waals surface area (Å²) in [6.45, 7) is 6.93. The molecule has 0 saturated carbocycles. The fraction of sp³-hybridized carbons (Fsp3) is 0.632. The van der Waals surface area contributed by atoms with Crippen LogP contribution >= 0.6 is 0 Å². The fourth-order valence-corrected chi connectivity index (χ4v) is 4.60. The molecule has 1 aromatic rings. The molecule has 1 atom stereocenters. The maximum Gasteiger partial charge on any atom is 0.243 e. The lowest BCUT2D eigenvalue weighted by molar-refractivity contribution is -0.126. The van der Waals surface area contributed by atoms with Gasteiger partial charge >= 0.3 is 0 Å². The third kappa shape index (κ3) is 5.51. The number of rotatable bonds is 7. The van der Waals surface area contributed by atoms with Crippen molar-refractivity contribution < 1.29 is 17.6 Å². The molecule has 0 radical (unpaired) electrons. The van der Waals surface area contributed by atoms with Crippen LogP contribution in [0.15, 0.2) is 29.2 Å². The number of benzene rings is 1. The van der Waals surface area contributed by atoms with E-state index < -0.39 is 15.8 Å². The first kappa shape index (κ1) is 20.8. The summed E-state index contributed by atoms with van der Waals surface area (Å²) in [6.07, 6.45) is 3.02. The molecule has 26 heavy (non-hydrogen) atoms. The van der Waals surface area contributed by atoms with Gasteiger partial charge in [-0.3, -0.25) is 4.79 Å². The molecule has 146 valence electrons. The minimum absolute atomic E-state index is 0.0140. The summed E-state index contributed by atoms with van der Waals surface area (Å²) in [5.41, 5.74) is 0. The lowest BCUT2D eigenvalue weighted by atomic mass is 9.96. The third-order valence-corrected chi connectivity index (χ3v) is 6.75. The SMILES string of the molecule is CC(C)CC[C@H](C)NC(=O)C1CCN(S(=O)(=O)c2ccc(F)cc2)CC1. The van der Waals surface area contributed by atoms with Crippen LogP contribution in [0.3, 0.4) is 0 Å². The van der Waals surface area contributed by atoms with Crippen molar-refractivity contribution in [2.24, 2.45) is 11.8 Å². The number of nitrogens with one attached hydrogen (secondary N) is 1. The van der Waals surface area contributed by atoms with E-state index in [4.69, 9.17) is 0 Å². The zero-order chi connectivity index (χ0) is 19.3. The minimum Gasteiger partial charge on any atom is -0.353 e. The smallest absolute Gasteiger partial charge is 0.243 e. The molecule has 1 fully saturated rings. The summed E-state index contributed by atoms with van der Waals surface area (Å²) in [6, 6.07) is 4.97. The van der Waals surface area contributed by atoms with Crippen molar-refractivity contribution in [3.8, 4) is 0 Å². The van der Waals surface area contributed by atoms with Gasteiger partial charge in [0.1, 0.15) is 5.82 Å². The lowest BCUT2D eigenvalue weighted by Crippen LogP contribution is -2.44. The van der Waals surface area contributed by atoms with E-state index >= 15 is 0 Å². The van der Waals surface area contributed by atoms with Gasteiger partial charge in [0, 0.05) is 25.0 Å². The van der Waals surface area contributed by atoms with E-state index in [2.05, 4.69) is 19.2 Å². The van der Waals surface area contributed by atoms with E-state index in [-0.39, 0.29) is 22.8 Å². The Labute approximate surface area is 156 Å². The highest BCUT2D eigenvalue weighted by atomic mass is 32.2.